The fourth-order valence-corrected chi connectivity index (χ4v) is 11.9. The Morgan fingerprint density at radius 2 is 0.956 bits per heavy atom. The lowest BCUT2D eigenvalue weighted by Gasteiger charge is -2.22. The van der Waals surface area contributed by atoms with Crippen molar-refractivity contribution in [2.75, 3.05) is 23.7 Å². The number of alkyl halides is 6. The summed E-state index contributed by atoms with van der Waals surface area (Å²) in [6.07, 6.45) is 3.56. The number of nitrogens with zero attached hydrogens (tertiary/aromatic N) is 14. The van der Waals surface area contributed by atoms with E-state index in [1.165, 1.54) is 24.8 Å². The summed E-state index contributed by atoms with van der Waals surface area (Å²) >= 11 is 13.3. The highest BCUT2D eigenvalue weighted by atomic mass is 35.5. The fourth-order valence-electron chi connectivity index (χ4n) is 11.4. The van der Waals surface area contributed by atoms with Crippen molar-refractivity contribution < 1.29 is 26.3 Å². The highest BCUT2D eigenvalue weighted by molar-refractivity contribution is 6.36. The van der Waals surface area contributed by atoms with Crippen LogP contribution in [0.1, 0.15) is 135 Å². The average molecular weight is 1260 g/mol. The zero-order valence-electron chi connectivity index (χ0n) is 49.5. The maximum Gasteiger partial charge on any atom is 0.413 e. The van der Waals surface area contributed by atoms with Gasteiger partial charge in [-0.1, -0.05) is 87.3 Å². The Morgan fingerprint density at radius 3 is 1.42 bits per heavy atom. The summed E-state index contributed by atoms with van der Waals surface area (Å²) in [4.78, 5) is 17.3. The van der Waals surface area contributed by atoms with E-state index in [1.54, 1.807) is 61.2 Å². The van der Waals surface area contributed by atoms with Crippen LogP contribution in [0.5, 0.6) is 0 Å². The van der Waals surface area contributed by atoms with Gasteiger partial charge in [0.15, 0.2) is 11.1 Å². The number of rotatable bonds is 14. The first-order chi connectivity index (χ1) is 42.7. The molecule has 12 rings (SSSR count). The van der Waals surface area contributed by atoms with Crippen LogP contribution in [0.2, 0.25) is 10.0 Å². The highest BCUT2D eigenvalue weighted by Crippen LogP contribution is 2.56. The van der Waals surface area contributed by atoms with Gasteiger partial charge in [0.05, 0.1) is 79.5 Å². The quantitative estimate of drug-likeness (QED) is 0.0965. The van der Waals surface area contributed by atoms with Crippen molar-refractivity contribution in [1.29, 1.82) is 21.0 Å². The van der Waals surface area contributed by atoms with Gasteiger partial charge in [0, 0.05) is 88.7 Å². The van der Waals surface area contributed by atoms with Gasteiger partial charge in [-0.15, -0.1) is 10.2 Å². The van der Waals surface area contributed by atoms with Gasteiger partial charge in [-0.25, -0.2) is 9.36 Å². The van der Waals surface area contributed by atoms with Gasteiger partial charge in [-0.05, 0) is 131 Å². The molecule has 2 aliphatic carbocycles. The lowest BCUT2D eigenvalue weighted by atomic mass is 9.85. The second-order valence-electron chi connectivity index (χ2n) is 25.3. The zero-order chi connectivity index (χ0) is 64.3. The van der Waals surface area contributed by atoms with E-state index >= 15 is 0 Å². The minimum absolute atomic E-state index is 0.0433. The molecule has 0 radical (unpaired) electrons. The number of pyridine rings is 4. The minimum Gasteiger partial charge on any atom is -0.383 e. The molecule has 2 fully saturated rings. The summed E-state index contributed by atoms with van der Waals surface area (Å²) in [5.41, 5.74) is 2.94. The summed E-state index contributed by atoms with van der Waals surface area (Å²) in [7, 11) is 0. The number of fused-ring (bicyclic) bond motifs is 4. The molecule has 6 heterocycles. The molecule has 0 saturated heterocycles. The molecule has 4 aromatic carbocycles. The minimum atomic E-state index is -4.48. The van der Waals surface area contributed by atoms with Crippen molar-refractivity contribution >= 4 is 77.9 Å². The van der Waals surface area contributed by atoms with E-state index in [0.29, 0.717) is 124 Å². The Kier molecular flexibility index (Phi) is 16.2. The molecule has 2 atom stereocenters. The average Bonchev–Trinajstić information content (AvgIpc) is 1.56. The van der Waals surface area contributed by atoms with Crippen LogP contribution < -0.4 is 10.6 Å². The molecule has 0 amide bonds. The van der Waals surface area contributed by atoms with Crippen LogP contribution in [0.25, 0.3) is 43.4 Å². The van der Waals surface area contributed by atoms with Crippen molar-refractivity contribution in [2.45, 2.75) is 115 Å². The number of hydrogen-bond donors (Lipinski definition) is 2. The van der Waals surface area contributed by atoms with E-state index in [1.807, 2.05) is 24.3 Å². The third kappa shape index (κ3) is 12.0. The van der Waals surface area contributed by atoms with Crippen LogP contribution in [0.3, 0.4) is 0 Å². The SMILES string of the molecule is CC(C)(C)CNc1c(C#N)cnc2c(C#N)cc(C[C@H](c3cn(C4(C(F)(F)F)CC4)nn3)c3ccc(C#N)c4cnccc34)cc12.CC(C)(C)CNc1c(C#N)cnc2c(Cl)cc(C[C@H](c3cn(C4(C(F)(F)F)CC4)nn3)c3ccc(Cl)c4cnccc34)cc12. The van der Waals surface area contributed by atoms with Crippen LogP contribution in [0.15, 0.2) is 110 Å². The Balaban J connectivity index is 0.000000185. The number of halogens is 8. The Bertz CT molecular complexity index is 4640. The highest BCUT2D eigenvalue weighted by Gasteiger charge is 2.67. The van der Waals surface area contributed by atoms with Crippen molar-refractivity contribution in [2.24, 2.45) is 10.8 Å². The van der Waals surface area contributed by atoms with Crippen molar-refractivity contribution in [3.63, 3.8) is 0 Å². The van der Waals surface area contributed by atoms with Gasteiger partial charge < -0.3 is 10.6 Å². The second-order valence-corrected chi connectivity index (χ2v) is 26.1. The molecule has 16 nitrogen and oxygen atoms in total. The maximum absolute atomic E-state index is 14.0. The molecular weight excluding hydrogens is 1200 g/mol. The molecule has 2 saturated carbocycles. The lowest BCUT2D eigenvalue weighted by molar-refractivity contribution is -0.183. The standard InChI is InChI=1S/C34H28F3N9.C32H28Cl2F3N7/c1-32(2,3)19-43-31-23(15-40)16-42-30-22(14-39)10-20(12-27(30)31)11-26(24-5-4-21(13-38)28-17-41-9-6-25(24)28)29-18-46(45-44-29)33(7-8-33)34(35,36)37;1-30(2,3)17-41-28-19(13-38)14-40-29-23(28)11-18(12-26(29)34)10-22(20-4-5-25(33)24-15-39-9-6-21(20)24)27-16-44(43-42-27)31(7-8-31)32(35,36)37/h4-6,9-10,12,16-18,26H,7-8,11,19H2,1-3H3,(H,42,43);4-6,9,11-12,14-16,22H,7-8,10,17H2,1-3H3,(H,40,41)/t26-;22-/m00/s1. The molecule has 0 bridgehead atoms. The van der Waals surface area contributed by atoms with Gasteiger partial charge in [0.1, 0.15) is 18.2 Å². The number of aromatic nitrogens is 10. The summed E-state index contributed by atoms with van der Waals surface area (Å²) < 4.78 is 85.9. The molecule has 2 N–H and O–H groups in total. The van der Waals surface area contributed by atoms with Crippen LogP contribution in [0, 0.1) is 56.2 Å². The first-order valence-corrected chi connectivity index (χ1v) is 29.5. The van der Waals surface area contributed by atoms with E-state index in [-0.39, 0.29) is 42.9 Å². The summed E-state index contributed by atoms with van der Waals surface area (Å²) in [5.74, 6) is -1.13. The van der Waals surface area contributed by atoms with Crippen LogP contribution in [-0.4, -0.2) is 75.4 Å². The largest absolute Gasteiger partial charge is 0.413 e. The second kappa shape index (κ2) is 23.5. The van der Waals surface area contributed by atoms with Gasteiger partial charge in [-0.3, -0.25) is 19.9 Å². The molecule has 24 heteroatoms. The van der Waals surface area contributed by atoms with Gasteiger partial charge in [0.2, 0.25) is 0 Å². The zero-order valence-corrected chi connectivity index (χ0v) is 51.0. The smallest absolute Gasteiger partial charge is 0.383 e. The Morgan fingerprint density at radius 1 is 0.511 bits per heavy atom. The van der Waals surface area contributed by atoms with E-state index in [0.717, 1.165) is 25.9 Å². The summed E-state index contributed by atoms with van der Waals surface area (Å²) in [6.45, 7) is 13.6. The number of hydrogen-bond acceptors (Lipinski definition) is 14. The van der Waals surface area contributed by atoms with E-state index in [4.69, 9.17) is 23.2 Å². The number of anilines is 2. The molecule has 0 unspecified atom stereocenters. The van der Waals surface area contributed by atoms with E-state index in [2.05, 4.69) is 117 Å². The number of benzene rings is 4. The molecule has 456 valence electrons. The first-order valence-electron chi connectivity index (χ1n) is 28.7. The molecule has 10 aromatic rings. The van der Waals surface area contributed by atoms with Crippen molar-refractivity contribution in [3.05, 3.63) is 176 Å². The third-order valence-corrected chi connectivity index (χ3v) is 17.1. The molecule has 90 heavy (non-hydrogen) atoms. The van der Waals surface area contributed by atoms with Gasteiger partial charge >= 0.3 is 12.4 Å². The summed E-state index contributed by atoms with van der Waals surface area (Å²) in [6, 6.07) is 26.7. The fraction of sp³-hybridized carbons (Fsp3) is 0.333. The van der Waals surface area contributed by atoms with E-state index < -0.39 is 35.3 Å². The van der Waals surface area contributed by atoms with Crippen LogP contribution in [0.4, 0.5) is 37.7 Å². The molecule has 0 spiro atoms. The predicted octanol–water partition coefficient (Wildman–Crippen LogP) is 15.3. The monoisotopic (exact) mass is 1260 g/mol. The van der Waals surface area contributed by atoms with Gasteiger partial charge in [-0.2, -0.15) is 47.4 Å². The van der Waals surface area contributed by atoms with Crippen molar-refractivity contribution in [1.82, 2.24) is 49.9 Å². The lowest BCUT2D eigenvalue weighted by Crippen LogP contribution is -2.35. The Labute approximate surface area is 523 Å². The number of nitrogens with one attached hydrogen (secondary N) is 2. The topological polar surface area (TPSA) is 232 Å². The molecular formula is C66H56Cl2F6N16. The van der Waals surface area contributed by atoms with Gasteiger partial charge in [0.25, 0.3) is 0 Å². The normalized spacial score (nSPS) is 15.0. The summed E-state index contributed by atoms with van der Waals surface area (Å²) in [5, 5.41) is 67.9. The van der Waals surface area contributed by atoms with Crippen molar-refractivity contribution in [3.8, 4) is 24.3 Å². The first kappa shape index (κ1) is 62.1. The third-order valence-electron chi connectivity index (χ3n) is 16.5. The Hall–Kier alpha value is -9.48. The maximum atomic E-state index is 14.0. The molecule has 0 aliphatic heterocycles. The van der Waals surface area contributed by atoms with E-state index in [9.17, 15) is 47.4 Å². The molecule has 6 aromatic heterocycles. The van der Waals surface area contributed by atoms with Crippen LogP contribution >= 0.6 is 23.2 Å². The molecule has 2 aliphatic rings. The van der Waals surface area contributed by atoms with Crippen LogP contribution in [-0.2, 0) is 23.9 Å². The predicted molar refractivity (Wildman–Crippen MR) is 329 cm³/mol. The number of nitriles is 4.